The van der Waals surface area contributed by atoms with E-state index in [1.165, 1.54) is 81.1 Å². The van der Waals surface area contributed by atoms with Crippen molar-refractivity contribution in [3.63, 3.8) is 0 Å². The topological polar surface area (TPSA) is 6.48 Å². The number of unbranched alkanes of at least 4 members (excludes halogenated alkanes) is 8. The fraction of sp³-hybridized carbons (Fsp3) is 0.538. The molecule has 0 spiro atoms. The second kappa shape index (κ2) is 11.1. The molecule has 0 aromatic heterocycles. The van der Waals surface area contributed by atoms with Crippen LogP contribution in [0.2, 0.25) is 0 Å². The maximum Gasteiger partial charge on any atom is 0.102 e. The Morgan fingerprint density at radius 3 is 1.93 bits per heavy atom. The van der Waals surface area contributed by atoms with Crippen LogP contribution >= 0.6 is 0 Å². The normalized spacial score (nSPS) is 15.9. The van der Waals surface area contributed by atoms with Gasteiger partial charge in [0, 0.05) is 13.6 Å². The van der Waals surface area contributed by atoms with Crippen molar-refractivity contribution in [1.29, 1.82) is 0 Å². The molecule has 0 saturated heterocycles. The van der Waals surface area contributed by atoms with E-state index >= 15 is 0 Å². The third-order valence-corrected chi connectivity index (χ3v) is 6.14. The molecule has 0 saturated carbocycles. The van der Waals surface area contributed by atoms with Crippen molar-refractivity contribution < 1.29 is 0 Å². The summed E-state index contributed by atoms with van der Waals surface area (Å²) in [5.74, 6) is 0. The number of fused-ring (bicyclic) bond motifs is 1. The summed E-state index contributed by atoms with van der Waals surface area (Å²) in [4.78, 5) is 5.10. The molecule has 0 aliphatic carbocycles. The lowest BCUT2D eigenvalue weighted by atomic mass is 10.1. The molecule has 152 valence electrons. The van der Waals surface area contributed by atoms with Crippen LogP contribution in [0, 0.1) is 0 Å². The van der Waals surface area contributed by atoms with Gasteiger partial charge in [-0.05, 0) is 30.5 Å². The molecule has 1 aliphatic heterocycles. The van der Waals surface area contributed by atoms with Gasteiger partial charge < -0.3 is 9.80 Å². The SMILES string of the molecule is CCCCCCCCCCCC1N(C)c2ccccc2N1Cc1ccccc1. The zero-order chi connectivity index (χ0) is 19.6. The van der Waals surface area contributed by atoms with Gasteiger partial charge in [-0.2, -0.15) is 0 Å². The van der Waals surface area contributed by atoms with Crippen molar-refractivity contribution >= 4 is 11.4 Å². The van der Waals surface area contributed by atoms with E-state index in [0.29, 0.717) is 6.17 Å². The van der Waals surface area contributed by atoms with E-state index in [4.69, 9.17) is 0 Å². The Balaban J connectivity index is 1.51. The molecule has 0 amide bonds. The molecule has 0 N–H and O–H groups in total. The first-order valence-corrected chi connectivity index (χ1v) is 11.4. The van der Waals surface area contributed by atoms with E-state index in [-0.39, 0.29) is 0 Å². The summed E-state index contributed by atoms with van der Waals surface area (Å²) in [5.41, 5.74) is 4.15. The van der Waals surface area contributed by atoms with Crippen molar-refractivity contribution in [3.8, 4) is 0 Å². The minimum atomic E-state index is 0.474. The second-order valence-electron chi connectivity index (χ2n) is 8.31. The molecular weight excluding hydrogens is 340 g/mol. The van der Waals surface area contributed by atoms with Gasteiger partial charge >= 0.3 is 0 Å². The molecule has 3 rings (SSSR count). The number of rotatable bonds is 12. The van der Waals surface area contributed by atoms with Crippen LogP contribution in [0.5, 0.6) is 0 Å². The first kappa shape index (κ1) is 20.8. The smallest absolute Gasteiger partial charge is 0.102 e. The van der Waals surface area contributed by atoms with Crippen molar-refractivity contribution in [2.75, 3.05) is 16.8 Å². The number of hydrogen-bond acceptors (Lipinski definition) is 2. The fourth-order valence-electron chi connectivity index (χ4n) is 4.49. The Bertz CT molecular complexity index is 682. The van der Waals surface area contributed by atoms with Crippen LogP contribution in [-0.2, 0) is 6.54 Å². The maximum atomic E-state index is 2.61. The van der Waals surface area contributed by atoms with Gasteiger partial charge in [0.2, 0.25) is 0 Å². The highest BCUT2D eigenvalue weighted by Crippen LogP contribution is 2.40. The maximum absolute atomic E-state index is 2.61. The van der Waals surface area contributed by atoms with Gasteiger partial charge in [-0.25, -0.2) is 0 Å². The van der Waals surface area contributed by atoms with Crippen LogP contribution in [-0.4, -0.2) is 13.2 Å². The molecule has 2 heteroatoms. The van der Waals surface area contributed by atoms with Gasteiger partial charge in [0.25, 0.3) is 0 Å². The van der Waals surface area contributed by atoms with Crippen LogP contribution in [0.1, 0.15) is 76.7 Å². The molecule has 2 aromatic carbocycles. The molecule has 0 bridgehead atoms. The van der Waals surface area contributed by atoms with E-state index in [1.54, 1.807) is 0 Å². The van der Waals surface area contributed by atoms with Crippen molar-refractivity contribution in [3.05, 3.63) is 60.2 Å². The van der Waals surface area contributed by atoms with E-state index in [2.05, 4.69) is 78.4 Å². The number of benzene rings is 2. The highest BCUT2D eigenvalue weighted by atomic mass is 15.4. The minimum Gasteiger partial charge on any atom is -0.353 e. The Morgan fingerprint density at radius 1 is 0.679 bits per heavy atom. The Labute approximate surface area is 172 Å². The average molecular weight is 379 g/mol. The van der Waals surface area contributed by atoms with Crippen LogP contribution in [0.25, 0.3) is 0 Å². The number of para-hydroxylation sites is 2. The Morgan fingerprint density at radius 2 is 1.25 bits per heavy atom. The molecule has 0 fully saturated rings. The van der Waals surface area contributed by atoms with E-state index in [9.17, 15) is 0 Å². The summed E-state index contributed by atoms with van der Waals surface area (Å²) >= 11 is 0. The quantitative estimate of drug-likeness (QED) is 0.355. The zero-order valence-electron chi connectivity index (χ0n) is 17.9. The lowest BCUT2D eigenvalue weighted by molar-refractivity contribution is 0.505. The molecular formula is C26H38N2. The van der Waals surface area contributed by atoms with E-state index in [0.717, 1.165) is 6.54 Å². The summed E-state index contributed by atoms with van der Waals surface area (Å²) in [6.45, 7) is 3.28. The van der Waals surface area contributed by atoms with Gasteiger partial charge in [-0.3, -0.25) is 0 Å². The molecule has 1 aliphatic rings. The van der Waals surface area contributed by atoms with Crippen LogP contribution in [0.4, 0.5) is 11.4 Å². The van der Waals surface area contributed by atoms with Gasteiger partial charge in [-0.15, -0.1) is 0 Å². The third-order valence-electron chi connectivity index (χ3n) is 6.14. The summed E-state index contributed by atoms with van der Waals surface area (Å²) in [6.07, 6.45) is 14.3. The molecule has 2 aromatic rings. The van der Waals surface area contributed by atoms with Crippen molar-refractivity contribution in [1.82, 2.24) is 0 Å². The van der Waals surface area contributed by atoms with Crippen LogP contribution in [0.15, 0.2) is 54.6 Å². The standard InChI is InChI=1S/C26H38N2/c1-3-4-5-6-7-8-9-10-14-21-26-27(2)24-19-15-16-20-25(24)28(26)22-23-17-12-11-13-18-23/h11-13,15-20,26H,3-10,14,21-22H2,1-2H3. The van der Waals surface area contributed by atoms with E-state index in [1.807, 2.05) is 0 Å². The molecule has 1 unspecified atom stereocenters. The van der Waals surface area contributed by atoms with Gasteiger partial charge in [0.05, 0.1) is 11.4 Å². The van der Waals surface area contributed by atoms with Crippen LogP contribution in [0.3, 0.4) is 0 Å². The zero-order valence-corrected chi connectivity index (χ0v) is 17.9. The van der Waals surface area contributed by atoms with Gasteiger partial charge in [0.1, 0.15) is 6.17 Å². The summed E-state index contributed by atoms with van der Waals surface area (Å²) in [6, 6.07) is 19.8. The first-order chi connectivity index (χ1) is 13.8. The molecule has 2 nitrogen and oxygen atoms in total. The molecule has 1 heterocycles. The molecule has 28 heavy (non-hydrogen) atoms. The lowest BCUT2D eigenvalue weighted by Gasteiger charge is -2.31. The first-order valence-electron chi connectivity index (χ1n) is 11.4. The Hall–Kier alpha value is -1.96. The fourth-order valence-corrected chi connectivity index (χ4v) is 4.49. The van der Waals surface area contributed by atoms with Crippen molar-refractivity contribution in [2.24, 2.45) is 0 Å². The second-order valence-corrected chi connectivity index (χ2v) is 8.31. The summed E-state index contributed by atoms with van der Waals surface area (Å²) < 4.78 is 0. The average Bonchev–Trinajstić information content (AvgIpc) is 2.99. The largest absolute Gasteiger partial charge is 0.353 e. The Kier molecular flexibility index (Phi) is 8.26. The van der Waals surface area contributed by atoms with Gasteiger partial charge in [0.15, 0.2) is 0 Å². The van der Waals surface area contributed by atoms with E-state index < -0.39 is 0 Å². The summed E-state index contributed by atoms with van der Waals surface area (Å²) in [7, 11) is 2.27. The van der Waals surface area contributed by atoms with Crippen molar-refractivity contribution in [2.45, 2.75) is 83.8 Å². The van der Waals surface area contributed by atoms with Gasteiger partial charge in [-0.1, -0.05) is 101 Å². The highest BCUT2D eigenvalue weighted by Gasteiger charge is 2.32. The molecule has 0 radical (unpaired) electrons. The highest BCUT2D eigenvalue weighted by molar-refractivity contribution is 5.77. The monoisotopic (exact) mass is 378 g/mol. The minimum absolute atomic E-state index is 0.474. The van der Waals surface area contributed by atoms with Crippen LogP contribution < -0.4 is 9.80 Å². The number of anilines is 2. The third kappa shape index (κ3) is 5.53. The number of hydrogen-bond donors (Lipinski definition) is 0. The molecule has 1 atom stereocenters. The predicted octanol–water partition coefficient (Wildman–Crippen LogP) is 7.39. The number of nitrogens with zero attached hydrogens (tertiary/aromatic N) is 2. The summed E-state index contributed by atoms with van der Waals surface area (Å²) in [5, 5.41) is 0. The predicted molar refractivity (Wildman–Crippen MR) is 123 cm³/mol. The lowest BCUT2D eigenvalue weighted by Crippen LogP contribution is -2.40.